The fraction of sp³-hybridized carbons (Fsp3) is 0.833. The summed E-state index contributed by atoms with van der Waals surface area (Å²) < 4.78 is 9.55. The second kappa shape index (κ2) is 6.04. The van der Waals surface area contributed by atoms with Crippen molar-refractivity contribution in [2.24, 2.45) is 5.41 Å². The predicted molar refractivity (Wildman–Crippen MR) is 65.1 cm³/mol. The van der Waals surface area contributed by atoms with E-state index >= 15 is 0 Å². The third-order valence-corrected chi connectivity index (χ3v) is 2.03. The maximum atomic E-state index is 11.5. The van der Waals surface area contributed by atoms with Gasteiger partial charge < -0.3 is 9.47 Å². The number of methoxy groups -OCH3 is 1. The van der Waals surface area contributed by atoms with E-state index in [0.29, 0.717) is 5.06 Å². The van der Waals surface area contributed by atoms with Crippen molar-refractivity contribution in [2.45, 2.75) is 46.6 Å². The molecule has 0 aliphatic carbocycles. The van der Waals surface area contributed by atoms with Gasteiger partial charge in [0.15, 0.2) is 0 Å². The molecule has 1 N–H and O–H groups in total. The first-order chi connectivity index (χ1) is 7.97. The van der Waals surface area contributed by atoms with Crippen LogP contribution in [-0.4, -0.2) is 41.6 Å². The number of rotatable bonds is 4. The highest BCUT2D eigenvalue weighted by atomic mass is 16.6. The lowest BCUT2D eigenvalue weighted by Gasteiger charge is -2.29. The molecule has 0 aromatic carbocycles. The number of esters is 1. The van der Waals surface area contributed by atoms with E-state index in [9.17, 15) is 14.8 Å². The first kappa shape index (κ1) is 16.7. The van der Waals surface area contributed by atoms with Crippen molar-refractivity contribution in [3.05, 3.63) is 0 Å². The second-order valence-electron chi connectivity index (χ2n) is 5.96. The first-order valence-electron chi connectivity index (χ1n) is 5.73. The van der Waals surface area contributed by atoms with E-state index in [1.54, 1.807) is 34.6 Å². The van der Waals surface area contributed by atoms with Crippen LogP contribution in [0.4, 0.5) is 4.79 Å². The lowest BCUT2D eigenvalue weighted by molar-refractivity contribution is -0.146. The molecule has 6 nitrogen and oxygen atoms in total. The third-order valence-electron chi connectivity index (χ3n) is 2.03. The molecule has 0 bridgehead atoms. The highest BCUT2D eigenvalue weighted by Crippen LogP contribution is 2.22. The van der Waals surface area contributed by atoms with Crippen LogP contribution in [0.3, 0.4) is 0 Å². The van der Waals surface area contributed by atoms with Crippen LogP contribution in [0.15, 0.2) is 0 Å². The topological polar surface area (TPSA) is 76.1 Å². The van der Waals surface area contributed by atoms with Crippen LogP contribution in [0.2, 0.25) is 0 Å². The summed E-state index contributed by atoms with van der Waals surface area (Å²) in [6.45, 7) is 8.60. The quantitative estimate of drug-likeness (QED) is 0.477. The molecule has 1 amide bonds. The van der Waals surface area contributed by atoms with E-state index in [4.69, 9.17) is 4.74 Å². The molecule has 18 heavy (non-hydrogen) atoms. The summed E-state index contributed by atoms with van der Waals surface area (Å²) in [5.74, 6) is -0.391. The summed E-state index contributed by atoms with van der Waals surface area (Å²) in [5, 5.41) is 10.1. The zero-order valence-corrected chi connectivity index (χ0v) is 11.9. The molecule has 0 unspecified atom stereocenters. The van der Waals surface area contributed by atoms with E-state index < -0.39 is 23.1 Å². The largest absolute Gasteiger partial charge is 0.469 e. The molecule has 0 aliphatic heterocycles. The van der Waals surface area contributed by atoms with Crippen molar-refractivity contribution in [2.75, 3.05) is 13.7 Å². The van der Waals surface area contributed by atoms with E-state index in [-0.39, 0.29) is 13.0 Å². The Hall–Kier alpha value is -1.30. The van der Waals surface area contributed by atoms with Gasteiger partial charge in [-0.15, -0.1) is 0 Å². The third kappa shape index (κ3) is 7.11. The molecule has 6 heteroatoms. The summed E-state index contributed by atoms with van der Waals surface area (Å²) in [6.07, 6.45) is -0.732. The van der Waals surface area contributed by atoms with Gasteiger partial charge in [0.2, 0.25) is 0 Å². The van der Waals surface area contributed by atoms with Crippen LogP contribution in [0, 0.1) is 5.41 Å². The van der Waals surface area contributed by atoms with Crippen molar-refractivity contribution in [3.8, 4) is 0 Å². The normalized spacial score (nSPS) is 11.9. The van der Waals surface area contributed by atoms with Gasteiger partial charge in [0.1, 0.15) is 5.60 Å². The van der Waals surface area contributed by atoms with E-state index in [1.807, 2.05) is 0 Å². The molecule has 0 atom stereocenters. The Balaban J connectivity index is 4.41. The number of nitrogens with zero attached hydrogens (tertiary/aromatic N) is 1. The van der Waals surface area contributed by atoms with Gasteiger partial charge in [0.25, 0.3) is 0 Å². The van der Waals surface area contributed by atoms with Crippen molar-refractivity contribution in [1.82, 2.24) is 5.06 Å². The Bertz CT molecular complexity index is 306. The summed E-state index contributed by atoms with van der Waals surface area (Å²) in [5.41, 5.74) is -1.27. The SMILES string of the molecule is COC(=O)CC(C)(C)CN(O)C(=O)OC(C)(C)C. The Kier molecular flexibility index (Phi) is 5.60. The fourth-order valence-corrected chi connectivity index (χ4v) is 1.30. The lowest BCUT2D eigenvalue weighted by atomic mass is 9.89. The number of hydrogen-bond acceptors (Lipinski definition) is 5. The van der Waals surface area contributed by atoms with Gasteiger partial charge in [-0.25, -0.2) is 4.79 Å². The zero-order valence-electron chi connectivity index (χ0n) is 11.9. The molecular weight excluding hydrogens is 238 g/mol. The Morgan fingerprint density at radius 1 is 1.17 bits per heavy atom. The molecule has 0 rings (SSSR count). The summed E-state index contributed by atoms with van der Waals surface area (Å²) in [7, 11) is 1.29. The maximum Gasteiger partial charge on any atom is 0.434 e. The van der Waals surface area contributed by atoms with Gasteiger partial charge >= 0.3 is 12.1 Å². The number of ether oxygens (including phenoxy) is 2. The smallest absolute Gasteiger partial charge is 0.434 e. The number of hydroxylamine groups is 2. The molecule has 0 aliphatic rings. The standard InChI is InChI=1S/C12H23NO5/c1-11(2,3)18-10(15)13(16)8-12(4,5)7-9(14)17-6/h16H,7-8H2,1-6H3. The molecular formula is C12H23NO5. The average molecular weight is 261 g/mol. The Labute approximate surface area is 108 Å². The number of hydrogen-bond donors (Lipinski definition) is 1. The highest BCUT2D eigenvalue weighted by Gasteiger charge is 2.29. The predicted octanol–water partition coefficient (Wildman–Crippen LogP) is 2.20. The van der Waals surface area contributed by atoms with E-state index in [0.717, 1.165) is 0 Å². The molecule has 0 saturated carbocycles. The van der Waals surface area contributed by atoms with Gasteiger partial charge in [0, 0.05) is 0 Å². The second-order valence-corrected chi connectivity index (χ2v) is 5.96. The molecule has 0 aromatic rings. The number of amides is 1. The average Bonchev–Trinajstić information content (AvgIpc) is 2.13. The molecule has 0 fully saturated rings. The summed E-state index contributed by atoms with van der Waals surface area (Å²) in [4.78, 5) is 22.7. The molecule has 0 radical (unpaired) electrons. The van der Waals surface area contributed by atoms with E-state index in [1.165, 1.54) is 7.11 Å². The number of carbonyl (C=O) groups excluding carboxylic acids is 2. The minimum atomic E-state index is -0.833. The van der Waals surface area contributed by atoms with Crippen molar-refractivity contribution in [1.29, 1.82) is 0 Å². The van der Waals surface area contributed by atoms with Crippen LogP contribution in [0.25, 0.3) is 0 Å². The van der Waals surface area contributed by atoms with Gasteiger partial charge in [0.05, 0.1) is 20.1 Å². The molecule has 0 aromatic heterocycles. The maximum absolute atomic E-state index is 11.5. The monoisotopic (exact) mass is 261 g/mol. The van der Waals surface area contributed by atoms with Crippen LogP contribution < -0.4 is 0 Å². The van der Waals surface area contributed by atoms with Crippen LogP contribution >= 0.6 is 0 Å². The van der Waals surface area contributed by atoms with Crippen molar-refractivity contribution < 1.29 is 24.3 Å². The molecule has 0 saturated heterocycles. The van der Waals surface area contributed by atoms with Crippen LogP contribution in [-0.2, 0) is 14.3 Å². The minimum absolute atomic E-state index is 0.0169. The Morgan fingerprint density at radius 3 is 2.06 bits per heavy atom. The van der Waals surface area contributed by atoms with Gasteiger partial charge in [-0.3, -0.25) is 10.0 Å². The fourth-order valence-electron chi connectivity index (χ4n) is 1.30. The summed E-state index contributed by atoms with van der Waals surface area (Å²) >= 11 is 0. The lowest BCUT2D eigenvalue weighted by Crippen LogP contribution is -2.40. The zero-order chi connectivity index (χ0) is 14.6. The van der Waals surface area contributed by atoms with Gasteiger partial charge in [-0.2, -0.15) is 5.06 Å². The molecule has 106 valence electrons. The van der Waals surface area contributed by atoms with Gasteiger partial charge in [-0.05, 0) is 26.2 Å². The Morgan fingerprint density at radius 2 is 1.67 bits per heavy atom. The first-order valence-corrected chi connectivity index (χ1v) is 5.73. The summed E-state index contributed by atoms with van der Waals surface area (Å²) in [6, 6.07) is 0. The van der Waals surface area contributed by atoms with Crippen LogP contribution in [0.5, 0.6) is 0 Å². The molecule has 0 spiro atoms. The van der Waals surface area contributed by atoms with Crippen molar-refractivity contribution in [3.63, 3.8) is 0 Å². The van der Waals surface area contributed by atoms with E-state index in [2.05, 4.69) is 4.74 Å². The van der Waals surface area contributed by atoms with Gasteiger partial charge in [-0.1, -0.05) is 13.8 Å². The van der Waals surface area contributed by atoms with Crippen LogP contribution in [0.1, 0.15) is 41.0 Å². The minimum Gasteiger partial charge on any atom is -0.469 e. The highest BCUT2D eigenvalue weighted by molar-refractivity contribution is 5.70. The molecule has 0 heterocycles. The number of carbonyl (C=O) groups is 2. The van der Waals surface area contributed by atoms with Crippen molar-refractivity contribution >= 4 is 12.1 Å².